The Bertz CT molecular complexity index is 986. The molecule has 0 saturated heterocycles. The third-order valence-corrected chi connectivity index (χ3v) is 4.42. The van der Waals surface area contributed by atoms with Crippen LogP contribution in [0.15, 0.2) is 36.4 Å². The van der Waals surface area contributed by atoms with Crippen LogP contribution in [-0.4, -0.2) is 33.6 Å². The van der Waals surface area contributed by atoms with Crippen LogP contribution in [-0.2, 0) is 0 Å². The van der Waals surface area contributed by atoms with Gasteiger partial charge in [0.1, 0.15) is 0 Å². The highest BCUT2D eigenvalue weighted by atomic mass is 35.5. The van der Waals surface area contributed by atoms with Crippen LogP contribution in [0.25, 0.3) is 0 Å². The van der Waals surface area contributed by atoms with Crippen LogP contribution in [0.1, 0.15) is 41.4 Å². The molecule has 0 N–H and O–H groups in total. The first-order valence-corrected chi connectivity index (χ1v) is 7.53. The van der Waals surface area contributed by atoms with E-state index in [-0.39, 0.29) is 32.3 Å². The number of carbonyl (C=O) groups excluding carboxylic acids is 4. The Labute approximate surface area is 145 Å². The molecule has 2 aromatic carbocycles. The van der Waals surface area contributed by atoms with Gasteiger partial charge in [0.25, 0.3) is 23.6 Å². The van der Waals surface area contributed by atoms with Crippen molar-refractivity contribution in [3.8, 4) is 0 Å². The van der Waals surface area contributed by atoms with E-state index in [4.69, 9.17) is 23.2 Å². The summed E-state index contributed by atoms with van der Waals surface area (Å²) in [5, 5.41) is 1.40. The predicted octanol–water partition coefficient (Wildman–Crippen LogP) is 2.80. The Morgan fingerprint density at radius 1 is 0.667 bits per heavy atom. The van der Waals surface area contributed by atoms with Gasteiger partial charge in [-0.15, -0.1) is 0 Å². The fraction of sp³-hybridized carbons (Fsp3) is 0. The molecule has 0 aliphatic carbocycles. The summed E-state index contributed by atoms with van der Waals surface area (Å²) in [6.45, 7) is 0. The Hall–Kier alpha value is -2.70. The number of hydrogen-bond donors (Lipinski definition) is 0. The summed E-state index contributed by atoms with van der Waals surface area (Å²) in [6.07, 6.45) is 0. The standard InChI is InChI=1S/C16H6Cl2N2O4/c17-7-4-5-8-10(6-7)15(23)19(13(8)21)20-14(22)9-2-1-3-11(18)12(9)16(20)24/h1-6H. The SMILES string of the molecule is O=C1c2ccc(Cl)cc2C(=O)N1N1C(=O)c2cccc(Cl)c2C1=O. The number of rotatable bonds is 1. The van der Waals surface area contributed by atoms with Gasteiger partial charge in [0, 0.05) is 5.02 Å². The van der Waals surface area contributed by atoms with E-state index in [9.17, 15) is 19.2 Å². The summed E-state index contributed by atoms with van der Waals surface area (Å²) in [5.74, 6) is -3.15. The van der Waals surface area contributed by atoms with Crippen LogP contribution in [0.2, 0.25) is 10.0 Å². The van der Waals surface area contributed by atoms with E-state index >= 15 is 0 Å². The number of carbonyl (C=O) groups is 4. The van der Waals surface area contributed by atoms with Crippen LogP contribution < -0.4 is 0 Å². The van der Waals surface area contributed by atoms with E-state index < -0.39 is 23.6 Å². The van der Waals surface area contributed by atoms with Crippen LogP contribution in [0.3, 0.4) is 0 Å². The van der Waals surface area contributed by atoms with Gasteiger partial charge in [-0.1, -0.05) is 29.3 Å². The molecule has 0 aromatic heterocycles. The Morgan fingerprint density at radius 3 is 2.00 bits per heavy atom. The van der Waals surface area contributed by atoms with Gasteiger partial charge in [0.15, 0.2) is 0 Å². The Morgan fingerprint density at radius 2 is 1.29 bits per heavy atom. The number of benzene rings is 2. The second-order valence-corrected chi connectivity index (χ2v) is 6.04. The van der Waals surface area contributed by atoms with Gasteiger partial charge >= 0.3 is 0 Å². The minimum atomic E-state index is -0.818. The molecule has 8 heteroatoms. The van der Waals surface area contributed by atoms with E-state index in [1.165, 1.54) is 36.4 Å². The molecule has 24 heavy (non-hydrogen) atoms. The molecule has 2 aliphatic rings. The first-order valence-electron chi connectivity index (χ1n) is 6.77. The zero-order valence-corrected chi connectivity index (χ0v) is 13.3. The molecular formula is C16H6Cl2N2O4. The number of imide groups is 2. The summed E-state index contributed by atoms with van der Waals surface area (Å²) in [6, 6.07) is 8.53. The Kier molecular flexibility index (Phi) is 3.03. The van der Waals surface area contributed by atoms with Gasteiger partial charge in [-0.05, 0) is 30.3 Å². The highest BCUT2D eigenvalue weighted by Crippen LogP contribution is 2.34. The smallest absolute Gasteiger partial charge is 0.267 e. The largest absolute Gasteiger partial charge is 0.282 e. The quantitative estimate of drug-likeness (QED) is 0.732. The lowest BCUT2D eigenvalue weighted by atomic mass is 10.1. The average Bonchev–Trinajstić information content (AvgIpc) is 2.93. The lowest BCUT2D eigenvalue weighted by Crippen LogP contribution is -2.49. The summed E-state index contributed by atoms with van der Waals surface area (Å²) >= 11 is 11.8. The summed E-state index contributed by atoms with van der Waals surface area (Å²) in [5.41, 5.74) is 0.128. The fourth-order valence-corrected chi connectivity index (χ4v) is 3.22. The predicted molar refractivity (Wildman–Crippen MR) is 83.9 cm³/mol. The lowest BCUT2D eigenvalue weighted by Gasteiger charge is -2.23. The molecule has 0 unspecified atom stereocenters. The highest BCUT2D eigenvalue weighted by Gasteiger charge is 2.49. The van der Waals surface area contributed by atoms with Crippen molar-refractivity contribution in [1.82, 2.24) is 10.0 Å². The monoisotopic (exact) mass is 360 g/mol. The van der Waals surface area contributed by atoms with Gasteiger partial charge in [-0.2, -0.15) is 10.0 Å². The highest BCUT2D eigenvalue weighted by molar-refractivity contribution is 6.38. The van der Waals surface area contributed by atoms with Crippen molar-refractivity contribution in [1.29, 1.82) is 0 Å². The van der Waals surface area contributed by atoms with Gasteiger partial charge in [0.2, 0.25) is 0 Å². The van der Waals surface area contributed by atoms with Crippen LogP contribution in [0, 0.1) is 0 Å². The maximum atomic E-state index is 12.6. The third kappa shape index (κ3) is 1.78. The van der Waals surface area contributed by atoms with E-state index in [1.54, 1.807) is 0 Å². The minimum Gasteiger partial charge on any atom is -0.267 e. The maximum absolute atomic E-state index is 12.6. The molecule has 118 valence electrons. The van der Waals surface area contributed by atoms with Gasteiger partial charge < -0.3 is 0 Å². The molecule has 2 heterocycles. The molecule has 0 atom stereocenters. The minimum absolute atomic E-state index is 0.0289. The van der Waals surface area contributed by atoms with Crippen molar-refractivity contribution >= 4 is 46.8 Å². The van der Waals surface area contributed by atoms with Gasteiger partial charge in [-0.3, -0.25) is 19.2 Å². The van der Waals surface area contributed by atoms with Gasteiger partial charge in [-0.25, -0.2) is 0 Å². The molecule has 0 fully saturated rings. The number of nitrogens with zero attached hydrogens (tertiary/aromatic N) is 2. The molecular weight excluding hydrogens is 355 g/mol. The van der Waals surface area contributed by atoms with Crippen molar-refractivity contribution in [2.24, 2.45) is 0 Å². The summed E-state index contributed by atoms with van der Waals surface area (Å²) in [7, 11) is 0. The van der Waals surface area contributed by atoms with E-state index in [2.05, 4.69) is 0 Å². The molecule has 6 nitrogen and oxygen atoms in total. The second-order valence-electron chi connectivity index (χ2n) is 5.20. The second kappa shape index (κ2) is 4.90. The fourth-order valence-electron chi connectivity index (χ4n) is 2.80. The van der Waals surface area contributed by atoms with E-state index in [0.29, 0.717) is 10.0 Å². The Balaban J connectivity index is 1.83. The first-order chi connectivity index (χ1) is 11.4. The third-order valence-electron chi connectivity index (χ3n) is 3.87. The molecule has 4 rings (SSSR count). The summed E-state index contributed by atoms with van der Waals surface area (Å²) < 4.78 is 0. The van der Waals surface area contributed by atoms with Crippen LogP contribution in [0.5, 0.6) is 0 Å². The molecule has 2 aromatic rings. The van der Waals surface area contributed by atoms with Crippen LogP contribution in [0.4, 0.5) is 0 Å². The summed E-state index contributed by atoms with van der Waals surface area (Å²) in [4.78, 5) is 50.2. The normalized spacial score (nSPS) is 16.1. The van der Waals surface area contributed by atoms with Crippen molar-refractivity contribution < 1.29 is 19.2 Å². The maximum Gasteiger partial charge on any atom is 0.282 e. The molecule has 4 amide bonds. The zero-order valence-electron chi connectivity index (χ0n) is 11.7. The van der Waals surface area contributed by atoms with Crippen molar-refractivity contribution in [2.45, 2.75) is 0 Å². The molecule has 2 aliphatic heterocycles. The zero-order chi connectivity index (χ0) is 17.2. The average molecular weight is 361 g/mol. The number of halogens is 2. The van der Waals surface area contributed by atoms with Crippen LogP contribution >= 0.6 is 23.2 Å². The van der Waals surface area contributed by atoms with E-state index in [0.717, 1.165) is 0 Å². The number of amides is 4. The van der Waals surface area contributed by atoms with E-state index in [1.807, 2.05) is 0 Å². The van der Waals surface area contributed by atoms with Crippen molar-refractivity contribution in [3.05, 3.63) is 68.7 Å². The first kappa shape index (κ1) is 14.9. The van der Waals surface area contributed by atoms with Gasteiger partial charge in [0.05, 0.1) is 27.3 Å². The van der Waals surface area contributed by atoms with Crippen molar-refractivity contribution in [3.63, 3.8) is 0 Å². The lowest BCUT2D eigenvalue weighted by molar-refractivity contribution is 0.00845. The molecule has 0 spiro atoms. The number of hydrazine groups is 1. The number of hydrogen-bond acceptors (Lipinski definition) is 4. The molecule has 0 saturated carbocycles. The molecule has 0 radical (unpaired) electrons. The van der Waals surface area contributed by atoms with Crippen molar-refractivity contribution in [2.75, 3.05) is 0 Å². The topological polar surface area (TPSA) is 74.8 Å². The number of fused-ring (bicyclic) bond motifs is 2. The molecule has 0 bridgehead atoms.